The molecule has 10 nitrogen and oxygen atoms in total. The summed E-state index contributed by atoms with van der Waals surface area (Å²) in [5.74, 6) is -7.51. The van der Waals surface area contributed by atoms with Crippen LogP contribution >= 0.6 is 0 Å². The first-order chi connectivity index (χ1) is 22.5. The van der Waals surface area contributed by atoms with Gasteiger partial charge in [0.2, 0.25) is 0 Å². The lowest BCUT2D eigenvalue weighted by atomic mass is 9.37. The lowest BCUT2D eigenvalue weighted by molar-refractivity contribution is -0.337. The first-order valence-corrected chi connectivity index (χ1v) is 18.2. The third-order valence-corrected chi connectivity index (χ3v) is 14.0. The zero-order chi connectivity index (χ0) is 35.0. The van der Waals surface area contributed by atoms with Crippen LogP contribution in [-0.4, -0.2) is 80.4 Å². The SMILES string of the molecule is CC1=CC(=O)[C@@H](O)[C@]2(C)C3[C@]45CO[C@@]3(O)[C@H](O)[C@H](C)C4C(CC(=O)CC(O)(C(C)C)C(C)C/C=C/OC3CCCCC3)C(=O)O[C@@H]5C[C@@H]12. The fraction of sp³-hybridized carbons (Fsp3) is 0.816. The van der Waals surface area contributed by atoms with Gasteiger partial charge < -0.3 is 34.6 Å². The number of hydrogen-bond acceptors (Lipinski definition) is 10. The van der Waals surface area contributed by atoms with Gasteiger partial charge in [-0.05, 0) is 87.2 Å². The topological polar surface area (TPSA) is 160 Å². The van der Waals surface area contributed by atoms with Crippen LogP contribution in [0.25, 0.3) is 0 Å². The van der Waals surface area contributed by atoms with Gasteiger partial charge in [0.1, 0.15) is 24.1 Å². The van der Waals surface area contributed by atoms with Crippen molar-refractivity contribution in [2.75, 3.05) is 6.61 Å². The average Bonchev–Trinajstić information content (AvgIpc) is 3.33. The van der Waals surface area contributed by atoms with Crippen molar-refractivity contribution >= 4 is 17.5 Å². The maximum absolute atomic E-state index is 14.0. The summed E-state index contributed by atoms with van der Waals surface area (Å²) < 4.78 is 18.2. The predicted octanol–water partition coefficient (Wildman–Crippen LogP) is 4.02. The van der Waals surface area contributed by atoms with Gasteiger partial charge >= 0.3 is 5.97 Å². The number of allylic oxidation sites excluding steroid dienone is 2. The molecule has 6 rings (SSSR count). The number of aliphatic hydroxyl groups excluding tert-OH is 2. The lowest BCUT2D eigenvalue weighted by Crippen LogP contribution is -2.77. The highest BCUT2D eigenvalue weighted by molar-refractivity contribution is 5.96. The Labute approximate surface area is 284 Å². The van der Waals surface area contributed by atoms with Gasteiger partial charge in [-0.3, -0.25) is 14.4 Å². The van der Waals surface area contributed by atoms with Gasteiger partial charge in [-0.15, -0.1) is 0 Å². The predicted molar refractivity (Wildman–Crippen MR) is 175 cm³/mol. The summed E-state index contributed by atoms with van der Waals surface area (Å²) in [7, 11) is 0. The molecular weight excluding hydrogens is 616 g/mol. The first kappa shape index (κ1) is 35.7. The molecule has 0 aromatic carbocycles. The average molecular weight is 673 g/mol. The van der Waals surface area contributed by atoms with E-state index >= 15 is 0 Å². The third kappa shape index (κ3) is 5.18. The highest BCUT2D eigenvalue weighted by Crippen LogP contribution is 2.74. The molecule has 0 amide bonds. The van der Waals surface area contributed by atoms with Crippen LogP contribution in [0.15, 0.2) is 24.0 Å². The molecule has 5 fully saturated rings. The molecule has 2 bridgehead atoms. The lowest BCUT2D eigenvalue weighted by Gasteiger charge is -2.68. The summed E-state index contributed by atoms with van der Waals surface area (Å²) in [4.78, 5) is 40.9. The molecule has 0 aromatic heterocycles. The van der Waals surface area contributed by atoms with Crippen molar-refractivity contribution in [1.82, 2.24) is 0 Å². The van der Waals surface area contributed by atoms with E-state index in [1.165, 1.54) is 25.3 Å². The summed E-state index contributed by atoms with van der Waals surface area (Å²) in [5.41, 5.74) is -2.87. The molecule has 1 spiro atoms. The number of esters is 1. The highest BCUT2D eigenvalue weighted by Gasteiger charge is 2.83. The van der Waals surface area contributed by atoms with Crippen molar-refractivity contribution in [2.45, 2.75) is 135 Å². The minimum Gasteiger partial charge on any atom is -0.498 e. The van der Waals surface area contributed by atoms with Crippen molar-refractivity contribution in [3.8, 4) is 0 Å². The summed E-state index contributed by atoms with van der Waals surface area (Å²) in [6.07, 6.45) is 7.87. The second-order valence-corrected chi connectivity index (χ2v) is 16.8. The van der Waals surface area contributed by atoms with E-state index in [4.69, 9.17) is 14.2 Å². The van der Waals surface area contributed by atoms with Crippen molar-refractivity contribution in [2.24, 2.45) is 52.3 Å². The van der Waals surface area contributed by atoms with E-state index in [1.54, 1.807) is 27.0 Å². The smallest absolute Gasteiger partial charge is 0.309 e. The molecule has 3 saturated carbocycles. The number of ketones is 2. The zero-order valence-electron chi connectivity index (χ0n) is 29.4. The largest absolute Gasteiger partial charge is 0.498 e. The van der Waals surface area contributed by atoms with E-state index in [2.05, 4.69) is 0 Å². The Balaban J connectivity index is 1.25. The highest BCUT2D eigenvalue weighted by atomic mass is 16.6. The Morgan fingerprint density at radius 2 is 1.85 bits per heavy atom. The van der Waals surface area contributed by atoms with Gasteiger partial charge in [0.25, 0.3) is 0 Å². The third-order valence-electron chi connectivity index (χ3n) is 14.0. The van der Waals surface area contributed by atoms with E-state index in [1.807, 2.05) is 26.8 Å². The van der Waals surface area contributed by atoms with Crippen LogP contribution in [0.2, 0.25) is 0 Å². The molecule has 2 aliphatic heterocycles. The van der Waals surface area contributed by atoms with Gasteiger partial charge in [-0.1, -0.05) is 46.6 Å². The summed E-state index contributed by atoms with van der Waals surface area (Å²) in [5, 5.41) is 47.2. The summed E-state index contributed by atoms with van der Waals surface area (Å²) in [6.45, 7) is 11.0. The molecule has 0 radical (unpaired) electrons. The number of Topliss-reactive ketones (excluding diaryl/α,β-unsaturated/α-hetero) is 1. The second-order valence-electron chi connectivity index (χ2n) is 16.8. The van der Waals surface area contributed by atoms with E-state index in [0.29, 0.717) is 12.8 Å². The normalized spacial score (nSPS) is 44.4. The van der Waals surface area contributed by atoms with Crippen LogP contribution < -0.4 is 0 Å². The molecule has 2 saturated heterocycles. The van der Waals surface area contributed by atoms with Gasteiger partial charge in [-0.2, -0.15) is 0 Å². The monoisotopic (exact) mass is 672 g/mol. The Kier molecular flexibility index (Phi) is 9.36. The van der Waals surface area contributed by atoms with E-state index in [0.717, 1.165) is 18.4 Å². The van der Waals surface area contributed by atoms with Crippen LogP contribution in [0.5, 0.6) is 0 Å². The minimum absolute atomic E-state index is 0.0446. The summed E-state index contributed by atoms with van der Waals surface area (Å²) >= 11 is 0. The van der Waals surface area contributed by atoms with Crippen molar-refractivity contribution in [1.29, 1.82) is 0 Å². The number of hydrogen-bond donors (Lipinski definition) is 4. The van der Waals surface area contributed by atoms with Crippen LogP contribution in [0.3, 0.4) is 0 Å². The van der Waals surface area contributed by atoms with Crippen LogP contribution in [0, 0.1) is 52.3 Å². The molecule has 5 unspecified atom stereocenters. The maximum atomic E-state index is 14.0. The van der Waals surface area contributed by atoms with Gasteiger partial charge in [0, 0.05) is 29.6 Å². The number of carbonyl (C=O) groups excluding carboxylic acids is 3. The standard InChI is InChI=1S/C38H56O10/c1-20(2)37(44,22(4)11-10-14-46-25-12-8-7-9-13-25)18-24(39)16-26-30-23(5)31(41)38(45)34-35(6)27(21(3)15-28(40)32(35)42)17-29(48-33(26)43)36(30,34)19-47-38/h10,14-15,20,22-23,25-27,29-32,34,41-42,44-45H,7-9,11-13,16-19H2,1-6H3/b14-10+/t22?,23-,26?,27+,29-,30?,31-,32-,34?,35-,36+,37?,38+/m1/s1. The second kappa shape index (κ2) is 12.6. The Bertz CT molecular complexity index is 1350. The van der Waals surface area contributed by atoms with E-state index < -0.39 is 81.9 Å². The molecule has 4 N–H and O–H groups in total. The number of aliphatic hydroxyl groups is 4. The molecule has 4 aliphatic carbocycles. The van der Waals surface area contributed by atoms with E-state index in [-0.39, 0.29) is 43.2 Å². The fourth-order valence-corrected chi connectivity index (χ4v) is 11.4. The fourth-order valence-electron chi connectivity index (χ4n) is 11.4. The number of carbonyl (C=O) groups is 3. The molecule has 13 atom stereocenters. The molecule has 6 aliphatic rings. The number of fused-ring (bicyclic) bond motifs is 1. The molecular formula is C38H56O10. The van der Waals surface area contributed by atoms with Gasteiger partial charge in [0.15, 0.2) is 11.6 Å². The van der Waals surface area contributed by atoms with Crippen molar-refractivity contribution in [3.63, 3.8) is 0 Å². The number of ether oxygens (including phenoxy) is 3. The first-order valence-electron chi connectivity index (χ1n) is 18.2. The Hall–Kier alpha value is -2.11. The van der Waals surface area contributed by atoms with Crippen molar-refractivity contribution < 1.29 is 49.0 Å². The number of rotatable bonds is 10. The van der Waals surface area contributed by atoms with Crippen LogP contribution in [-0.2, 0) is 28.6 Å². The molecule has 48 heavy (non-hydrogen) atoms. The van der Waals surface area contributed by atoms with Crippen LogP contribution in [0.4, 0.5) is 0 Å². The zero-order valence-corrected chi connectivity index (χ0v) is 29.4. The maximum Gasteiger partial charge on any atom is 0.309 e. The van der Waals surface area contributed by atoms with Gasteiger partial charge in [-0.25, -0.2) is 0 Å². The van der Waals surface area contributed by atoms with E-state index in [9.17, 15) is 34.8 Å². The minimum atomic E-state index is -2.08. The molecule has 2 heterocycles. The summed E-state index contributed by atoms with van der Waals surface area (Å²) in [6, 6.07) is 0. The van der Waals surface area contributed by atoms with Crippen molar-refractivity contribution in [3.05, 3.63) is 24.0 Å². The molecule has 0 aromatic rings. The quantitative estimate of drug-likeness (QED) is 0.197. The Morgan fingerprint density at radius 1 is 1.17 bits per heavy atom. The molecule has 10 heteroatoms. The molecule has 268 valence electrons. The van der Waals surface area contributed by atoms with Crippen LogP contribution in [0.1, 0.15) is 99.3 Å². The van der Waals surface area contributed by atoms with Gasteiger partial charge in [0.05, 0.1) is 30.5 Å². The Morgan fingerprint density at radius 3 is 2.52 bits per heavy atom.